The fourth-order valence-electron chi connectivity index (χ4n) is 7.18. The number of nitrogens with zero attached hydrogens (tertiary/aromatic N) is 3. The van der Waals surface area contributed by atoms with Gasteiger partial charge < -0.3 is 24.5 Å². The molecule has 2 N–H and O–H groups in total. The van der Waals surface area contributed by atoms with Gasteiger partial charge in [-0.15, -0.1) is 0 Å². The number of ether oxygens (including phenoxy) is 2. The number of aliphatic hydroxyl groups is 1. The number of fused-ring (bicyclic) bond motifs is 6. The number of esters is 1. The van der Waals surface area contributed by atoms with Gasteiger partial charge in [-0.1, -0.05) is 36.4 Å². The Morgan fingerprint density at radius 2 is 1.78 bits per heavy atom. The predicted molar refractivity (Wildman–Crippen MR) is 173 cm³/mol. The van der Waals surface area contributed by atoms with Gasteiger partial charge in [0.05, 0.1) is 12.4 Å². The highest BCUT2D eigenvalue weighted by Crippen LogP contribution is 2.48. The quantitative estimate of drug-likeness (QED) is 0.257. The third-order valence-electron chi connectivity index (χ3n) is 9.79. The van der Waals surface area contributed by atoms with E-state index in [-0.39, 0.29) is 24.4 Å². The van der Waals surface area contributed by atoms with E-state index in [1.165, 1.54) is 5.56 Å². The minimum Gasteiger partial charge on any atom is -0.462 e. The molecule has 2 aromatic carbocycles. The number of benzene rings is 2. The van der Waals surface area contributed by atoms with Gasteiger partial charge in [0.25, 0.3) is 0 Å². The van der Waals surface area contributed by atoms with Crippen molar-refractivity contribution in [3.8, 4) is 0 Å². The number of carbonyl (C=O) groups excluding carboxylic acids is 1. The number of aromatic nitrogens is 1. The van der Waals surface area contributed by atoms with E-state index in [2.05, 4.69) is 35.9 Å². The van der Waals surface area contributed by atoms with Gasteiger partial charge in [0.15, 0.2) is 0 Å². The van der Waals surface area contributed by atoms with Gasteiger partial charge in [-0.2, -0.15) is 0 Å². The molecule has 0 spiro atoms. The second-order valence-electron chi connectivity index (χ2n) is 13.2. The molecule has 10 nitrogen and oxygen atoms in total. The molecule has 11 heteroatoms. The number of likely N-dealkylation sites (N-methyl/N-ethyl adjacent to an activating group) is 2. The van der Waals surface area contributed by atoms with Gasteiger partial charge in [0.1, 0.15) is 24.2 Å². The summed E-state index contributed by atoms with van der Waals surface area (Å²) in [5, 5.41) is 10.7. The Labute approximate surface area is 266 Å². The maximum absolute atomic E-state index is 12.5. The maximum Gasteiger partial charge on any atom is 0.316 e. The summed E-state index contributed by atoms with van der Waals surface area (Å²) < 4.78 is 38.0. The molecule has 1 aromatic heterocycles. The average Bonchev–Trinajstić information content (AvgIpc) is 3.32. The lowest BCUT2D eigenvalue weighted by atomic mass is 9.97. The topological polar surface area (TPSA) is 119 Å². The minimum absolute atomic E-state index is 0.0622. The third kappa shape index (κ3) is 7.13. The summed E-state index contributed by atoms with van der Waals surface area (Å²) in [7, 11) is 3.06. The number of rotatable bonds is 10. The Bertz CT molecular complexity index is 1550. The van der Waals surface area contributed by atoms with Crippen LogP contribution in [0.3, 0.4) is 0 Å². The molecule has 244 valence electrons. The summed E-state index contributed by atoms with van der Waals surface area (Å²) >= 11 is 0. The molecule has 0 amide bonds. The normalized spacial score (nSPS) is 26.8. The molecule has 4 aliphatic heterocycles. The zero-order valence-electron chi connectivity index (χ0n) is 26.5. The molecule has 45 heavy (non-hydrogen) atoms. The van der Waals surface area contributed by atoms with Crippen LogP contribution in [0, 0.1) is 0 Å². The molecular weight excluding hydrogens is 592 g/mol. The predicted octanol–water partition coefficient (Wildman–Crippen LogP) is 3.12. The lowest BCUT2D eigenvalue weighted by Gasteiger charge is -2.38. The van der Waals surface area contributed by atoms with E-state index in [1.54, 1.807) is 4.31 Å². The molecule has 4 fully saturated rings. The maximum atomic E-state index is 12.5. The van der Waals surface area contributed by atoms with Crippen molar-refractivity contribution >= 4 is 26.9 Å². The molecule has 2 bridgehead atoms. The van der Waals surface area contributed by atoms with Crippen molar-refractivity contribution in [3.05, 3.63) is 71.4 Å². The SMILES string of the molecule is CN(C)CCc1c[nH]c2ccc(CS(=O)(=O)N3CCCC3)cc12.CN1[C@@H]2C[C@@H](OC(=O)[C@H](CO)c3ccccc3)C[C@H]1[C@@H]1O[C@@H]12. The van der Waals surface area contributed by atoms with E-state index in [0.717, 1.165) is 60.7 Å². The molecule has 6 atom stereocenters. The van der Waals surface area contributed by atoms with Gasteiger partial charge in [0, 0.05) is 61.7 Å². The summed E-state index contributed by atoms with van der Waals surface area (Å²) in [4.78, 5) is 20.2. The Morgan fingerprint density at radius 1 is 1.09 bits per heavy atom. The van der Waals surface area contributed by atoms with Crippen LogP contribution >= 0.6 is 0 Å². The van der Waals surface area contributed by atoms with Gasteiger partial charge in [-0.05, 0) is 69.2 Å². The second kappa shape index (κ2) is 13.5. The Hall–Kier alpha value is -2.80. The number of sulfonamides is 1. The van der Waals surface area contributed by atoms with Crippen LogP contribution in [0.2, 0.25) is 0 Å². The number of morpholine rings is 1. The van der Waals surface area contributed by atoms with Crippen molar-refractivity contribution in [1.82, 2.24) is 19.1 Å². The van der Waals surface area contributed by atoms with Crippen molar-refractivity contribution in [3.63, 3.8) is 0 Å². The first kappa shape index (κ1) is 32.2. The number of aliphatic hydroxyl groups excluding tert-OH is 1. The summed E-state index contributed by atoms with van der Waals surface area (Å²) in [5.74, 6) is -0.817. The number of hydrogen-bond donors (Lipinski definition) is 2. The minimum atomic E-state index is -3.19. The van der Waals surface area contributed by atoms with E-state index in [1.807, 2.05) is 54.7 Å². The number of hydrogen-bond acceptors (Lipinski definition) is 8. The molecule has 5 heterocycles. The van der Waals surface area contributed by atoms with Crippen LogP contribution in [0.25, 0.3) is 10.9 Å². The Kier molecular flexibility index (Phi) is 9.65. The van der Waals surface area contributed by atoms with Crippen LogP contribution in [0.15, 0.2) is 54.7 Å². The van der Waals surface area contributed by atoms with Gasteiger partial charge in [-0.25, -0.2) is 12.7 Å². The first-order valence-electron chi connectivity index (χ1n) is 16.1. The highest BCUT2D eigenvalue weighted by Gasteiger charge is 2.62. The molecule has 7 rings (SSSR count). The number of H-pyrrole nitrogens is 1. The van der Waals surface area contributed by atoms with Gasteiger partial charge in [-0.3, -0.25) is 9.69 Å². The number of aromatic amines is 1. The highest BCUT2D eigenvalue weighted by molar-refractivity contribution is 7.88. The van der Waals surface area contributed by atoms with E-state index < -0.39 is 15.9 Å². The van der Waals surface area contributed by atoms with E-state index in [0.29, 0.717) is 37.4 Å². The van der Waals surface area contributed by atoms with E-state index in [9.17, 15) is 18.3 Å². The molecule has 3 aromatic rings. The van der Waals surface area contributed by atoms with Gasteiger partial charge in [0.2, 0.25) is 10.0 Å². The zero-order chi connectivity index (χ0) is 31.7. The lowest BCUT2D eigenvalue weighted by molar-refractivity contribution is -0.156. The van der Waals surface area contributed by atoms with Crippen molar-refractivity contribution in [2.45, 2.75) is 74.2 Å². The molecule has 4 saturated heterocycles. The van der Waals surface area contributed by atoms with Crippen molar-refractivity contribution in [2.75, 3.05) is 47.4 Å². The number of epoxide rings is 1. The number of piperidine rings is 1. The number of nitrogens with one attached hydrogen (secondary N) is 1. The van der Waals surface area contributed by atoms with Gasteiger partial charge >= 0.3 is 5.97 Å². The molecule has 0 saturated carbocycles. The monoisotopic (exact) mass is 638 g/mol. The highest BCUT2D eigenvalue weighted by atomic mass is 32.2. The summed E-state index contributed by atoms with van der Waals surface area (Å²) in [6, 6.07) is 16.0. The smallest absolute Gasteiger partial charge is 0.316 e. The molecular formula is C34H46N4O6S. The fraction of sp³-hybridized carbons (Fsp3) is 0.559. The summed E-state index contributed by atoms with van der Waals surface area (Å²) in [5.41, 5.74) is 3.99. The van der Waals surface area contributed by atoms with E-state index in [4.69, 9.17) is 9.47 Å². The Morgan fingerprint density at radius 3 is 2.42 bits per heavy atom. The molecule has 4 aliphatic rings. The third-order valence-corrected chi connectivity index (χ3v) is 11.6. The first-order chi connectivity index (χ1) is 21.6. The molecule has 0 radical (unpaired) electrons. The Balaban J connectivity index is 0.000000159. The number of carbonyl (C=O) groups is 1. The van der Waals surface area contributed by atoms with Crippen LogP contribution in [0.4, 0.5) is 0 Å². The summed E-state index contributed by atoms with van der Waals surface area (Å²) in [6.07, 6.45) is 7.20. The lowest BCUT2D eigenvalue weighted by Crippen LogP contribution is -2.48. The van der Waals surface area contributed by atoms with Crippen LogP contribution in [0.5, 0.6) is 0 Å². The van der Waals surface area contributed by atoms with Crippen LogP contribution < -0.4 is 0 Å². The first-order valence-corrected chi connectivity index (χ1v) is 17.7. The van der Waals surface area contributed by atoms with E-state index >= 15 is 0 Å². The van der Waals surface area contributed by atoms with Crippen molar-refractivity contribution < 1.29 is 27.8 Å². The fourth-order valence-corrected chi connectivity index (χ4v) is 8.78. The van der Waals surface area contributed by atoms with Crippen molar-refractivity contribution in [1.29, 1.82) is 0 Å². The second-order valence-corrected chi connectivity index (χ2v) is 15.1. The zero-order valence-corrected chi connectivity index (χ0v) is 27.3. The van der Waals surface area contributed by atoms with Crippen molar-refractivity contribution in [2.24, 2.45) is 0 Å². The summed E-state index contributed by atoms with van der Waals surface area (Å²) in [6.45, 7) is 2.09. The van der Waals surface area contributed by atoms with Crippen LogP contribution in [-0.2, 0) is 36.5 Å². The molecule has 0 aliphatic carbocycles. The average molecular weight is 639 g/mol. The standard InChI is InChI=1S/C17H25N3O2S.C17H21NO4/c1-19(2)10-7-15-12-18-17-6-5-14(11-16(15)17)13-23(21,22)20-8-3-4-9-20;1-18-13-7-11(8-14(18)16-15(13)22-16)21-17(20)12(9-19)10-5-3-2-4-6-10/h5-6,11-12,18H,3-4,7-10,13H2,1-2H3;2-6,11-16,19H,7-9H2,1H3/t;11-,12-,13-,14+,15-,16+/m.1/s1. The largest absolute Gasteiger partial charge is 0.462 e. The molecule has 0 unspecified atom stereocenters. The van der Waals surface area contributed by atoms with Crippen LogP contribution in [0.1, 0.15) is 48.3 Å². The van der Waals surface area contributed by atoms with Crippen LogP contribution in [-0.4, -0.2) is 116 Å².